The Morgan fingerprint density at radius 3 is 2.81 bits per heavy atom. The van der Waals surface area contributed by atoms with E-state index in [1.807, 2.05) is 13.8 Å². The summed E-state index contributed by atoms with van der Waals surface area (Å²) in [6, 6.07) is 0.199. The van der Waals surface area contributed by atoms with Gasteiger partial charge in [-0.2, -0.15) is 0 Å². The number of ether oxygens (including phenoxy) is 2. The molecule has 16 heavy (non-hydrogen) atoms. The van der Waals surface area contributed by atoms with Crippen molar-refractivity contribution in [1.82, 2.24) is 10.6 Å². The highest BCUT2D eigenvalue weighted by Gasteiger charge is 2.04. The van der Waals surface area contributed by atoms with Gasteiger partial charge < -0.3 is 20.1 Å². The number of nitrogens with one attached hydrogen (secondary N) is 2. The topological polar surface area (TPSA) is 59.6 Å². The molecule has 5 nitrogen and oxygen atoms in total. The molecular formula is C11H24N2O3. The number of hydrogen-bond acceptors (Lipinski definition) is 4. The maximum atomic E-state index is 11.3. The van der Waals surface area contributed by atoms with E-state index >= 15 is 0 Å². The fourth-order valence-corrected chi connectivity index (χ4v) is 1.13. The van der Waals surface area contributed by atoms with Gasteiger partial charge in [-0.05, 0) is 20.3 Å². The van der Waals surface area contributed by atoms with Crippen molar-refractivity contribution in [2.24, 2.45) is 0 Å². The molecule has 1 atom stereocenters. The first-order valence-electron chi connectivity index (χ1n) is 5.77. The first-order valence-corrected chi connectivity index (χ1v) is 5.77. The maximum absolute atomic E-state index is 11.3. The van der Waals surface area contributed by atoms with Crippen molar-refractivity contribution in [3.8, 4) is 0 Å². The van der Waals surface area contributed by atoms with Crippen LogP contribution in [0.3, 0.4) is 0 Å². The van der Waals surface area contributed by atoms with Gasteiger partial charge in [0.1, 0.15) is 0 Å². The first kappa shape index (κ1) is 15.3. The largest absolute Gasteiger partial charge is 0.385 e. The molecular weight excluding hydrogens is 208 g/mol. The van der Waals surface area contributed by atoms with E-state index in [9.17, 15) is 4.79 Å². The van der Waals surface area contributed by atoms with Gasteiger partial charge in [-0.3, -0.25) is 4.79 Å². The van der Waals surface area contributed by atoms with E-state index in [1.165, 1.54) is 0 Å². The molecule has 0 aromatic heterocycles. The standard InChI is InChI=1S/C11H24N2O3/c1-4-16-9-10(2)13-8-11(14)12-6-5-7-15-3/h10,13H,4-9H2,1-3H3,(H,12,14). The van der Waals surface area contributed by atoms with Crippen molar-refractivity contribution in [3.05, 3.63) is 0 Å². The van der Waals surface area contributed by atoms with Crippen LogP contribution in [0.2, 0.25) is 0 Å². The van der Waals surface area contributed by atoms with Crippen molar-refractivity contribution >= 4 is 5.91 Å². The SMILES string of the molecule is CCOCC(C)NCC(=O)NCCCOC. The fraction of sp³-hybridized carbons (Fsp3) is 0.909. The van der Waals surface area contributed by atoms with Crippen LogP contribution in [0.1, 0.15) is 20.3 Å². The van der Waals surface area contributed by atoms with Gasteiger partial charge in [-0.15, -0.1) is 0 Å². The average Bonchev–Trinajstić information content (AvgIpc) is 2.29. The predicted octanol–water partition coefficient (Wildman–Crippen LogP) is 0.154. The fourth-order valence-electron chi connectivity index (χ4n) is 1.13. The Hall–Kier alpha value is -0.650. The number of hydrogen-bond donors (Lipinski definition) is 2. The zero-order valence-corrected chi connectivity index (χ0v) is 10.5. The van der Waals surface area contributed by atoms with Crippen LogP contribution in [0.25, 0.3) is 0 Å². The average molecular weight is 232 g/mol. The molecule has 1 amide bonds. The highest BCUT2D eigenvalue weighted by atomic mass is 16.5. The minimum atomic E-state index is 0.0134. The van der Waals surface area contributed by atoms with Gasteiger partial charge in [-0.1, -0.05) is 0 Å². The van der Waals surface area contributed by atoms with Crippen LogP contribution < -0.4 is 10.6 Å². The normalized spacial score (nSPS) is 12.4. The number of amides is 1. The molecule has 1 unspecified atom stereocenters. The molecule has 5 heteroatoms. The summed E-state index contributed by atoms with van der Waals surface area (Å²) < 4.78 is 10.1. The minimum absolute atomic E-state index is 0.0134. The van der Waals surface area contributed by atoms with Gasteiger partial charge in [0.25, 0.3) is 0 Å². The van der Waals surface area contributed by atoms with Crippen molar-refractivity contribution < 1.29 is 14.3 Å². The maximum Gasteiger partial charge on any atom is 0.233 e. The lowest BCUT2D eigenvalue weighted by Gasteiger charge is -2.13. The Bertz CT molecular complexity index is 177. The van der Waals surface area contributed by atoms with E-state index in [-0.39, 0.29) is 11.9 Å². The van der Waals surface area contributed by atoms with E-state index in [1.54, 1.807) is 7.11 Å². The van der Waals surface area contributed by atoms with Crippen LogP contribution in [-0.4, -0.2) is 52.0 Å². The zero-order valence-electron chi connectivity index (χ0n) is 10.5. The number of rotatable bonds is 10. The third kappa shape index (κ3) is 9.89. The van der Waals surface area contributed by atoms with Crippen LogP contribution in [0, 0.1) is 0 Å². The number of methoxy groups -OCH3 is 1. The third-order valence-electron chi connectivity index (χ3n) is 2.03. The summed E-state index contributed by atoms with van der Waals surface area (Å²) in [7, 11) is 1.65. The molecule has 0 fully saturated rings. The van der Waals surface area contributed by atoms with E-state index in [0.717, 1.165) is 6.42 Å². The van der Waals surface area contributed by atoms with Crippen molar-refractivity contribution in [2.75, 3.05) is 40.0 Å². The monoisotopic (exact) mass is 232 g/mol. The molecule has 0 spiro atoms. The zero-order chi connectivity index (χ0) is 12.2. The van der Waals surface area contributed by atoms with E-state index in [0.29, 0.717) is 32.9 Å². The summed E-state index contributed by atoms with van der Waals surface area (Å²) in [4.78, 5) is 11.3. The summed E-state index contributed by atoms with van der Waals surface area (Å²) in [5.74, 6) is 0.0134. The van der Waals surface area contributed by atoms with E-state index < -0.39 is 0 Å². The highest BCUT2D eigenvalue weighted by molar-refractivity contribution is 5.77. The van der Waals surface area contributed by atoms with E-state index in [4.69, 9.17) is 9.47 Å². The first-order chi connectivity index (χ1) is 7.70. The smallest absolute Gasteiger partial charge is 0.233 e. The number of carbonyl (C=O) groups is 1. The second-order valence-electron chi connectivity index (χ2n) is 3.64. The molecule has 0 radical (unpaired) electrons. The van der Waals surface area contributed by atoms with Gasteiger partial charge in [-0.25, -0.2) is 0 Å². The Morgan fingerprint density at radius 1 is 1.44 bits per heavy atom. The Morgan fingerprint density at radius 2 is 2.19 bits per heavy atom. The van der Waals surface area contributed by atoms with Crippen LogP contribution >= 0.6 is 0 Å². The summed E-state index contributed by atoms with van der Waals surface area (Å²) >= 11 is 0. The molecule has 0 aliphatic heterocycles. The lowest BCUT2D eigenvalue weighted by molar-refractivity contribution is -0.120. The summed E-state index contributed by atoms with van der Waals surface area (Å²) in [5, 5.41) is 5.90. The molecule has 0 aromatic carbocycles. The molecule has 0 rings (SSSR count). The quantitative estimate of drug-likeness (QED) is 0.527. The van der Waals surface area contributed by atoms with Crippen LogP contribution in [0.5, 0.6) is 0 Å². The van der Waals surface area contributed by atoms with Crippen molar-refractivity contribution in [3.63, 3.8) is 0 Å². The Labute approximate surface area is 97.9 Å². The van der Waals surface area contributed by atoms with Crippen LogP contribution in [-0.2, 0) is 14.3 Å². The molecule has 0 aliphatic carbocycles. The van der Waals surface area contributed by atoms with Crippen LogP contribution in [0.4, 0.5) is 0 Å². The molecule has 0 aliphatic rings. The van der Waals surface area contributed by atoms with Gasteiger partial charge in [0, 0.05) is 32.9 Å². The summed E-state index contributed by atoms with van der Waals surface area (Å²) in [5.41, 5.74) is 0. The van der Waals surface area contributed by atoms with Gasteiger partial charge in [0.05, 0.1) is 13.2 Å². The third-order valence-corrected chi connectivity index (χ3v) is 2.03. The molecule has 96 valence electrons. The number of carbonyl (C=O) groups excluding carboxylic acids is 1. The lowest BCUT2D eigenvalue weighted by atomic mass is 10.3. The molecule has 0 bridgehead atoms. The second kappa shape index (κ2) is 10.9. The van der Waals surface area contributed by atoms with E-state index in [2.05, 4.69) is 10.6 Å². The highest BCUT2D eigenvalue weighted by Crippen LogP contribution is 1.83. The minimum Gasteiger partial charge on any atom is -0.385 e. The van der Waals surface area contributed by atoms with Crippen LogP contribution in [0.15, 0.2) is 0 Å². The van der Waals surface area contributed by atoms with Crippen molar-refractivity contribution in [2.45, 2.75) is 26.3 Å². The molecule has 0 aromatic rings. The Kier molecular flexibility index (Phi) is 10.4. The summed E-state index contributed by atoms with van der Waals surface area (Å²) in [6.45, 7) is 6.95. The van der Waals surface area contributed by atoms with Gasteiger partial charge in [0.2, 0.25) is 5.91 Å². The molecule has 0 saturated carbocycles. The molecule has 2 N–H and O–H groups in total. The second-order valence-corrected chi connectivity index (χ2v) is 3.64. The van der Waals surface area contributed by atoms with Crippen molar-refractivity contribution in [1.29, 1.82) is 0 Å². The summed E-state index contributed by atoms with van der Waals surface area (Å²) in [6.07, 6.45) is 0.844. The Balaban J connectivity index is 3.35. The van der Waals surface area contributed by atoms with Gasteiger partial charge >= 0.3 is 0 Å². The van der Waals surface area contributed by atoms with Gasteiger partial charge in [0.15, 0.2) is 0 Å². The molecule has 0 saturated heterocycles. The predicted molar refractivity (Wildman–Crippen MR) is 63.5 cm³/mol. The molecule has 0 heterocycles. The lowest BCUT2D eigenvalue weighted by Crippen LogP contribution is -2.40.